The van der Waals surface area contributed by atoms with Crippen LogP contribution in [-0.2, 0) is 15.9 Å². The summed E-state index contributed by atoms with van der Waals surface area (Å²) in [5.41, 5.74) is 6.56. The summed E-state index contributed by atoms with van der Waals surface area (Å²) in [5, 5.41) is 0. The molecular formula is C16H13BrO2. The minimum absolute atomic E-state index is 0.180. The van der Waals surface area contributed by atoms with E-state index in [9.17, 15) is 0 Å². The highest BCUT2D eigenvalue weighted by Crippen LogP contribution is 2.39. The zero-order valence-electron chi connectivity index (χ0n) is 10.4. The highest BCUT2D eigenvalue weighted by molar-refractivity contribution is 9.10. The zero-order chi connectivity index (χ0) is 12.8. The summed E-state index contributed by atoms with van der Waals surface area (Å²) < 4.78 is 12.3. The Morgan fingerprint density at radius 1 is 0.895 bits per heavy atom. The van der Waals surface area contributed by atoms with Crippen LogP contribution < -0.4 is 0 Å². The van der Waals surface area contributed by atoms with Gasteiger partial charge in [-0.15, -0.1) is 0 Å². The van der Waals surface area contributed by atoms with Gasteiger partial charge in [-0.2, -0.15) is 0 Å². The normalized spacial score (nSPS) is 17.5. The van der Waals surface area contributed by atoms with E-state index in [1.54, 1.807) is 0 Å². The Balaban J connectivity index is 1.75. The number of halogens is 1. The lowest BCUT2D eigenvalue weighted by Gasteiger charge is -2.11. The lowest BCUT2D eigenvalue weighted by molar-refractivity contribution is -0.0441. The van der Waals surface area contributed by atoms with Crippen molar-refractivity contribution < 1.29 is 9.47 Å². The molecule has 1 saturated heterocycles. The van der Waals surface area contributed by atoms with Crippen molar-refractivity contribution >= 4 is 15.9 Å². The summed E-state index contributed by atoms with van der Waals surface area (Å²) >= 11 is 3.54. The number of benzene rings is 2. The van der Waals surface area contributed by atoms with Crippen LogP contribution in [0.25, 0.3) is 11.1 Å². The Morgan fingerprint density at radius 3 is 2.37 bits per heavy atom. The molecule has 0 aromatic heterocycles. The van der Waals surface area contributed by atoms with E-state index >= 15 is 0 Å². The minimum atomic E-state index is -0.180. The van der Waals surface area contributed by atoms with E-state index in [2.05, 4.69) is 52.3 Å². The third kappa shape index (κ3) is 1.93. The lowest BCUT2D eigenvalue weighted by Crippen LogP contribution is -1.98. The maximum absolute atomic E-state index is 5.57. The average molecular weight is 317 g/mol. The van der Waals surface area contributed by atoms with E-state index in [1.807, 2.05) is 0 Å². The topological polar surface area (TPSA) is 18.5 Å². The first-order valence-electron chi connectivity index (χ1n) is 6.46. The van der Waals surface area contributed by atoms with Crippen molar-refractivity contribution in [3.8, 4) is 11.1 Å². The van der Waals surface area contributed by atoms with E-state index in [0.29, 0.717) is 13.2 Å². The smallest absolute Gasteiger partial charge is 0.184 e. The average Bonchev–Trinajstić information content (AvgIpc) is 3.04. The molecule has 0 bridgehead atoms. The van der Waals surface area contributed by atoms with Crippen molar-refractivity contribution in [2.75, 3.05) is 13.2 Å². The van der Waals surface area contributed by atoms with E-state index in [-0.39, 0.29) is 6.29 Å². The van der Waals surface area contributed by atoms with Crippen molar-refractivity contribution in [3.63, 3.8) is 0 Å². The molecule has 2 aromatic carbocycles. The second kappa shape index (κ2) is 4.44. The summed E-state index contributed by atoms with van der Waals surface area (Å²) in [6.45, 7) is 1.38. The second-order valence-corrected chi connectivity index (χ2v) is 5.88. The molecule has 1 heterocycles. The molecule has 19 heavy (non-hydrogen) atoms. The summed E-state index contributed by atoms with van der Waals surface area (Å²) in [7, 11) is 0. The van der Waals surface area contributed by atoms with Crippen LogP contribution in [0.4, 0.5) is 0 Å². The van der Waals surface area contributed by atoms with Crippen LogP contribution in [0.1, 0.15) is 23.0 Å². The first-order valence-corrected chi connectivity index (χ1v) is 7.25. The van der Waals surface area contributed by atoms with Gasteiger partial charge in [0.2, 0.25) is 0 Å². The fourth-order valence-corrected chi connectivity index (χ4v) is 3.31. The fourth-order valence-electron chi connectivity index (χ4n) is 2.90. The Kier molecular flexibility index (Phi) is 2.72. The molecule has 0 spiro atoms. The molecule has 4 rings (SSSR count). The Labute approximate surface area is 120 Å². The SMILES string of the molecule is Brc1ccc2c(c1)Cc1cc(C3OCCO3)ccc1-2. The Bertz CT molecular complexity index is 645. The van der Waals surface area contributed by atoms with Crippen LogP contribution >= 0.6 is 15.9 Å². The van der Waals surface area contributed by atoms with Gasteiger partial charge in [-0.3, -0.25) is 0 Å². The van der Waals surface area contributed by atoms with Crippen molar-refractivity contribution in [2.24, 2.45) is 0 Å². The third-order valence-corrected chi connectivity index (χ3v) is 4.25. The molecule has 2 aliphatic rings. The largest absolute Gasteiger partial charge is 0.346 e. The summed E-state index contributed by atoms with van der Waals surface area (Å²) in [5.74, 6) is 0. The van der Waals surface area contributed by atoms with Crippen LogP contribution in [0, 0.1) is 0 Å². The Morgan fingerprint density at radius 2 is 1.58 bits per heavy atom. The van der Waals surface area contributed by atoms with Crippen molar-refractivity contribution in [1.29, 1.82) is 0 Å². The Hall–Kier alpha value is -1.16. The zero-order valence-corrected chi connectivity index (χ0v) is 11.9. The highest BCUT2D eigenvalue weighted by atomic mass is 79.9. The minimum Gasteiger partial charge on any atom is -0.346 e. The highest BCUT2D eigenvalue weighted by Gasteiger charge is 2.23. The van der Waals surface area contributed by atoms with Gasteiger partial charge in [0.25, 0.3) is 0 Å². The van der Waals surface area contributed by atoms with Gasteiger partial charge in [-0.1, -0.05) is 34.1 Å². The predicted molar refractivity (Wildman–Crippen MR) is 77.0 cm³/mol. The van der Waals surface area contributed by atoms with Crippen LogP contribution in [0.5, 0.6) is 0 Å². The molecule has 0 atom stereocenters. The third-order valence-electron chi connectivity index (χ3n) is 3.76. The molecule has 1 aliphatic carbocycles. The number of rotatable bonds is 1. The maximum Gasteiger partial charge on any atom is 0.184 e. The van der Waals surface area contributed by atoms with E-state index in [4.69, 9.17) is 9.47 Å². The maximum atomic E-state index is 5.57. The molecule has 0 saturated carbocycles. The van der Waals surface area contributed by atoms with Crippen LogP contribution in [0.3, 0.4) is 0 Å². The van der Waals surface area contributed by atoms with Gasteiger partial charge in [0.1, 0.15) is 0 Å². The van der Waals surface area contributed by atoms with E-state index in [1.165, 1.54) is 22.3 Å². The van der Waals surface area contributed by atoms with Gasteiger partial charge in [0, 0.05) is 10.0 Å². The molecule has 0 amide bonds. The van der Waals surface area contributed by atoms with E-state index < -0.39 is 0 Å². The predicted octanol–water partition coefficient (Wildman–Crippen LogP) is 4.07. The van der Waals surface area contributed by atoms with Gasteiger partial charge in [-0.05, 0) is 46.9 Å². The van der Waals surface area contributed by atoms with Gasteiger partial charge in [0.05, 0.1) is 13.2 Å². The van der Waals surface area contributed by atoms with Crippen LogP contribution in [0.15, 0.2) is 40.9 Å². The molecule has 2 nitrogen and oxygen atoms in total. The molecule has 0 radical (unpaired) electrons. The molecule has 3 heteroatoms. The monoisotopic (exact) mass is 316 g/mol. The number of fused-ring (bicyclic) bond motifs is 3. The van der Waals surface area contributed by atoms with Crippen molar-refractivity contribution in [2.45, 2.75) is 12.7 Å². The standard InChI is InChI=1S/C16H13BrO2/c17-13-2-4-15-12(9-13)8-11-7-10(1-3-14(11)15)16-18-5-6-19-16/h1-4,7,9,16H,5-6,8H2. The summed E-state index contributed by atoms with van der Waals surface area (Å²) in [6, 6.07) is 13.0. The number of hydrogen-bond acceptors (Lipinski definition) is 2. The number of hydrogen-bond donors (Lipinski definition) is 0. The second-order valence-electron chi connectivity index (χ2n) is 4.97. The molecule has 0 N–H and O–H groups in total. The summed E-state index contributed by atoms with van der Waals surface area (Å²) in [4.78, 5) is 0. The summed E-state index contributed by atoms with van der Waals surface area (Å²) in [6.07, 6.45) is 0.811. The van der Waals surface area contributed by atoms with E-state index in [0.717, 1.165) is 16.5 Å². The quantitative estimate of drug-likeness (QED) is 0.674. The van der Waals surface area contributed by atoms with Gasteiger partial charge in [0.15, 0.2) is 6.29 Å². The van der Waals surface area contributed by atoms with Crippen LogP contribution in [0.2, 0.25) is 0 Å². The van der Waals surface area contributed by atoms with Gasteiger partial charge in [-0.25, -0.2) is 0 Å². The molecule has 0 unspecified atom stereocenters. The van der Waals surface area contributed by atoms with Crippen molar-refractivity contribution in [1.82, 2.24) is 0 Å². The van der Waals surface area contributed by atoms with Gasteiger partial charge >= 0.3 is 0 Å². The molecule has 1 fully saturated rings. The first-order chi connectivity index (χ1) is 9.31. The first kappa shape index (κ1) is 11.6. The van der Waals surface area contributed by atoms with Gasteiger partial charge < -0.3 is 9.47 Å². The number of ether oxygens (including phenoxy) is 2. The van der Waals surface area contributed by atoms with Crippen molar-refractivity contribution in [3.05, 3.63) is 57.6 Å². The molecule has 2 aromatic rings. The van der Waals surface area contributed by atoms with Crippen LogP contribution in [-0.4, -0.2) is 13.2 Å². The lowest BCUT2D eigenvalue weighted by atomic mass is 10.0. The molecule has 1 aliphatic heterocycles. The molecular weight excluding hydrogens is 304 g/mol. The fraction of sp³-hybridized carbons (Fsp3) is 0.250. The molecule has 96 valence electrons.